The molecule has 0 rings (SSSR count). The van der Waals surface area contributed by atoms with Crippen LogP contribution < -0.4 is 0 Å². The van der Waals surface area contributed by atoms with Gasteiger partial charge in [-0.2, -0.15) is 12.6 Å². The molecule has 0 heterocycles. The number of thiol groups is 1. The second-order valence-corrected chi connectivity index (χ2v) is 3.22. The van der Waals surface area contributed by atoms with Gasteiger partial charge in [0.25, 0.3) is 0 Å². The van der Waals surface area contributed by atoms with Crippen LogP contribution in [-0.4, -0.2) is 35.8 Å². The number of nitrogens with zero attached hydrogens (tertiary/aromatic N) is 1. The van der Waals surface area contributed by atoms with Crippen molar-refractivity contribution in [2.45, 2.75) is 12.5 Å². The Morgan fingerprint density at radius 1 is 1.82 bits per heavy atom. The van der Waals surface area contributed by atoms with Gasteiger partial charge in [-0.15, -0.1) is 0 Å². The van der Waals surface area contributed by atoms with Gasteiger partial charge in [0, 0.05) is 12.8 Å². The van der Waals surface area contributed by atoms with E-state index in [9.17, 15) is 4.79 Å². The Hall–Kier alpha value is 0.0700. The molecule has 0 fully saturated rings. The van der Waals surface area contributed by atoms with Crippen molar-refractivity contribution in [1.82, 2.24) is 4.42 Å². The molecule has 0 bridgehead atoms. The van der Waals surface area contributed by atoms with Gasteiger partial charge in [0.1, 0.15) is 5.54 Å². The third-order valence-electron chi connectivity index (χ3n) is 1.61. The maximum absolute atomic E-state index is 11.1. The summed E-state index contributed by atoms with van der Waals surface area (Å²) in [4.78, 5) is 11.1. The number of hydrogen-bond acceptors (Lipinski definition) is 4. The Kier molecular flexibility index (Phi) is 4.21. The number of carbonyl (C=O) groups excluding carboxylic acids is 1. The first kappa shape index (κ1) is 11.1. The maximum atomic E-state index is 11.1. The molecular weight excluding hydrogens is 186 g/mol. The predicted octanol–water partition coefficient (Wildman–Crippen LogP) is 0.933. The van der Waals surface area contributed by atoms with Crippen LogP contribution in [0.2, 0.25) is 0 Å². The molecule has 0 amide bonds. The zero-order valence-corrected chi connectivity index (χ0v) is 8.45. The van der Waals surface area contributed by atoms with Gasteiger partial charge in [0.15, 0.2) is 0 Å². The van der Waals surface area contributed by atoms with E-state index in [2.05, 4.69) is 17.4 Å². The molecule has 0 aromatic heterocycles. The molecule has 0 aliphatic rings. The van der Waals surface area contributed by atoms with E-state index in [1.807, 2.05) is 0 Å². The molecule has 0 saturated heterocycles. The summed E-state index contributed by atoms with van der Waals surface area (Å²) >= 11 is 9.65. The summed E-state index contributed by atoms with van der Waals surface area (Å²) in [6.45, 7) is 1.67. The van der Waals surface area contributed by atoms with Gasteiger partial charge >= 0.3 is 5.97 Å². The molecule has 3 nitrogen and oxygen atoms in total. The number of rotatable bonds is 3. The van der Waals surface area contributed by atoms with Gasteiger partial charge in [0.2, 0.25) is 0 Å². The number of halogens is 1. The van der Waals surface area contributed by atoms with Crippen molar-refractivity contribution in [3.63, 3.8) is 0 Å². The molecule has 1 atom stereocenters. The van der Waals surface area contributed by atoms with Crippen LogP contribution in [0.1, 0.15) is 6.92 Å². The van der Waals surface area contributed by atoms with Crippen LogP contribution in [-0.2, 0) is 9.53 Å². The van der Waals surface area contributed by atoms with E-state index in [-0.39, 0.29) is 5.97 Å². The molecular formula is C6H12ClNO2S. The summed E-state index contributed by atoms with van der Waals surface area (Å²) in [5.41, 5.74) is -0.848. The highest BCUT2D eigenvalue weighted by atomic mass is 35.5. The lowest BCUT2D eigenvalue weighted by atomic mass is 10.1. The fourth-order valence-corrected chi connectivity index (χ4v) is 1.06. The molecule has 0 aliphatic carbocycles. The monoisotopic (exact) mass is 197 g/mol. The van der Waals surface area contributed by atoms with Gasteiger partial charge in [-0.1, -0.05) is 0 Å². The Balaban J connectivity index is 4.45. The van der Waals surface area contributed by atoms with Crippen LogP contribution in [0.5, 0.6) is 0 Å². The SMILES string of the molecule is COC(=O)[C@](C)(CS)N(C)Cl. The van der Waals surface area contributed by atoms with Crippen LogP contribution in [0.4, 0.5) is 0 Å². The van der Waals surface area contributed by atoms with Crippen LogP contribution >= 0.6 is 24.4 Å². The summed E-state index contributed by atoms with van der Waals surface area (Å²) < 4.78 is 5.82. The largest absolute Gasteiger partial charge is 0.468 e. The van der Waals surface area contributed by atoms with E-state index < -0.39 is 5.54 Å². The van der Waals surface area contributed by atoms with Crippen molar-refractivity contribution in [3.05, 3.63) is 0 Å². The third-order valence-corrected chi connectivity index (χ3v) is 2.60. The molecule has 0 saturated carbocycles. The van der Waals surface area contributed by atoms with E-state index in [1.165, 1.54) is 11.5 Å². The summed E-state index contributed by atoms with van der Waals surface area (Å²) in [5.74, 6) is -0.0651. The lowest BCUT2D eigenvalue weighted by molar-refractivity contribution is -0.149. The molecule has 0 radical (unpaired) electrons. The lowest BCUT2D eigenvalue weighted by Gasteiger charge is -2.29. The molecule has 0 N–H and O–H groups in total. The van der Waals surface area contributed by atoms with Crippen LogP contribution in [0.3, 0.4) is 0 Å². The summed E-state index contributed by atoms with van der Waals surface area (Å²) in [6.07, 6.45) is 0. The van der Waals surface area contributed by atoms with Crippen LogP contribution in [0, 0.1) is 0 Å². The van der Waals surface area contributed by atoms with E-state index >= 15 is 0 Å². The smallest absolute Gasteiger partial charge is 0.328 e. The number of methoxy groups -OCH3 is 1. The molecule has 5 heteroatoms. The van der Waals surface area contributed by atoms with Crippen LogP contribution in [0.15, 0.2) is 0 Å². The molecule has 0 aliphatic heterocycles. The lowest BCUT2D eigenvalue weighted by Crippen LogP contribution is -2.48. The summed E-state index contributed by atoms with van der Waals surface area (Å²) in [7, 11) is 2.92. The van der Waals surface area contributed by atoms with Gasteiger partial charge < -0.3 is 4.74 Å². The zero-order chi connectivity index (χ0) is 9.07. The van der Waals surface area contributed by atoms with Gasteiger partial charge in [-0.05, 0) is 18.7 Å². The van der Waals surface area contributed by atoms with Crippen LogP contribution in [0.25, 0.3) is 0 Å². The van der Waals surface area contributed by atoms with E-state index in [0.29, 0.717) is 5.75 Å². The standard InChI is InChI=1S/C6H12ClNO2S/c1-6(4-11,8(2)7)5(9)10-3/h11H,4H2,1-3H3/t6-/m0/s1. The molecule has 11 heavy (non-hydrogen) atoms. The summed E-state index contributed by atoms with van der Waals surface area (Å²) in [6, 6.07) is 0. The van der Waals surface area contributed by atoms with E-state index in [1.54, 1.807) is 14.0 Å². The highest BCUT2D eigenvalue weighted by molar-refractivity contribution is 7.80. The minimum Gasteiger partial charge on any atom is -0.468 e. The summed E-state index contributed by atoms with van der Waals surface area (Å²) in [5, 5.41) is 0. The van der Waals surface area contributed by atoms with Crippen molar-refractivity contribution < 1.29 is 9.53 Å². The fourth-order valence-electron chi connectivity index (χ4n) is 0.508. The number of likely N-dealkylation sites (N-methyl/N-ethyl adjacent to an activating group) is 1. The Bertz CT molecular complexity index is 154. The Morgan fingerprint density at radius 3 is 2.36 bits per heavy atom. The minimum atomic E-state index is -0.848. The number of ether oxygens (including phenoxy) is 1. The van der Waals surface area contributed by atoms with Gasteiger partial charge in [-0.3, -0.25) is 0 Å². The first-order valence-corrected chi connectivity index (χ1v) is 4.05. The number of esters is 1. The Labute approximate surface area is 77.2 Å². The van der Waals surface area contributed by atoms with Crippen molar-refractivity contribution in [1.29, 1.82) is 0 Å². The van der Waals surface area contributed by atoms with Gasteiger partial charge in [-0.25, -0.2) is 9.21 Å². The first-order chi connectivity index (χ1) is 4.99. The van der Waals surface area contributed by atoms with Crippen molar-refractivity contribution in [2.75, 3.05) is 19.9 Å². The topological polar surface area (TPSA) is 29.5 Å². The predicted molar refractivity (Wildman–Crippen MR) is 47.9 cm³/mol. The number of hydrogen-bond donors (Lipinski definition) is 1. The normalized spacial score (nSPS) is 16.2. The zero-order valence-electron chi connectivity index (χ0n) is 6.80. The molecule has 0 unspecified atom stereocenters. The van der Waals surface area contributed by atoms with E-state index in [0.717, 1.165) is 0 Å². The Morgan fingerprint density at radius 2 is 2.27 bits per heavy atom. The molecule has 0 aromatic carbocycles. The highest BCUT2D eigenvalue weighted by Gasteiger charge is 2.36. The minimum absolute atomic E-state index is 0.319. The van der Waals surface area contributed by atoms with Crippen molar-refractivity contribution >= 4 is 30.4 Å². The first-order valence-electron chi connectivity index (χ1n) is 3.08. The molecule has 0 spiro atoms. The van der Waals surface area contributed by atoms with Crippen molar-refractivity contribution in [3.8, 4) is 0 Å². The van der Waals surface area contributed by atoms with Crippen molar-refractivity contribution in [2.24, 2.45) is 0 Å². The quantitative estimate of drug-likeness (QED) is 0.415. The average molecular weight is 198 g/mol. The highest BCUT2D eigenvalue weighted by Crippen LogP contribution is 2.18. The fraction of sp³-hybridized carbons (Fsp3) is 0.833. The second kappa shape index (κ2) is 4.18. The molecule has 66 valence electrons. The molecule has 0 aromatic rings. The third kappa shape index (κ3) is 2.25. The average Bonchev–Trinajstić information content (AvgIpc) is 2.01. The number of carbonyl (C=O) groups is 1. The maximum Gasteiger partial charge on any atom is 0.328 e. The van der Waals surface area contributed by atoms with E-state index in [4.69, 9.17) is 11.8 Å². The second-order valence-electron chi connectivity index (χ2n) is 2.40. The van der Waals surface area contributed by atoms with Gasteiger partial charge in [0.05, 0.1) is 7.11 Å².